The van der Waals surface area contributed by atoms with Crippen LogP contribution in [0.15, 0.2) is 18.2 Å². The summed E-state index contributed by atoms with van der Waals surface area (Å²) in [4.78, 5) is 10.9. The number of benzene rings is 1. The van der Waals surface area contributed by atoms with Gasteiger partial charge in [-0.15, -0.1) is 0 Å². The first-order valence-electron chi connectivity index (χ1n) is 5.84. The highest BCUT2D eigenvalue weighted by molar-refractivity contribution is 6.32. The number of ether oxygens (including phenoxy) is 1. The van der Waals surface area contributed by atoms with Crippen LogP contribution in [0.3, 0.4) is 0 Å². The van der Waals surface area contributed by atoms with E-state index in [0.29, 0.717) is 10.8 Å². The van der Waals surface area contributed by atoms with Crippen LogP contribution in [0.25, 0.3) is 0 Å². The van der Waals surface area contributed by atoms with Gasteiger partial charge in [0.05, 0.1) is 17.5 Å². The van der Waals surface area contributed by atoms with Crippen molar-refractivity contribution in [3.8, 4) is 5.75 Å². The molecule has 1 amide bonds. The van der Waals surface area contributed by atoms with Crippen LogP contribution in [-0.4, -0.2) is 19.6 Å². The van der Waals surface area contributed by atoms with Gasteiger partial charge in [-0.05, 0) is 31.7 Å². The van der Waals surface area contributed by atoms with Crippen molar-refractivity contribution in [3.63, 3.8) is 0 Å². The van der Waals surface area contributed by atoms with E-state index in [4.69, 9.17) is 22.1 Å². The molecule has 0 aromatic heterocycles. The number of rotatable bonds is 6. The Morgan fingerprint density at radius 2 is 2.17 bits per heavy atom. The van der Waals surface area contributed by atoms with E-state index in [1.54, 1.807) is 13.0 Å². The third kappa shape index (κ3) is 3.89. The lowest BCUT2D eigenvalue weighted by atomic mass is 10.1. The molecule has 1 aromatic rings. The Balaban J connectivity index is 2.71. The molecule has 0 aliphatic carbocycles. The topological polar surface area (TPSA) is 64.3 Å². The number of halogens is 1. The molecular formula is C13H19ClN2O2. The third-order valence-corrected chi connectivity index (χ3v) is 3.16. The van der Waals surface area contributed by atoms with Crippen LogP contribution in [0, 0.1) is 5.92 Å². The maximum Gasteiger partial charge on any atom is 0.223 e. The van der Waals surface area contributed by atoms with Gasteiger partial charge in [-0.3, -0.25) is 4.79 Å². The molecule has 100 valence electrons. The van der Waals surface area contributed by atoms with Crippen molar-refractivity contribution in [2.45, 2.75) is 19.9 Å². The quantitative estimate of drug-likeness (QED) is 0.832. The van der Waals surface area contributed by atoms with Gasteiger partial charge in [0.2, 0.25) is 5.91 Å². The highest BCUT2D eigenvalue weighted by Crippen LogP contribution is 2.28. The lowest BCUT2D eigenvalue weighted by Crippen LogP contribution is -2.25. The minimum atomic E-state index is -0.383. The summed E-state index contributed by atoms with van der Waals surface area (Å²) in [7, 11) is 1.89. The lowest BCUT2D eigenvalue weighted by Gasteiger charge is -2.14. The van der Waals surface area contributed by atoms with E-state index in [9.17, 15) is 4.79 Å². The summed E-state index contributed by atoms with van der Waals surface area (Å²) in [6.07, 6.45) is 0. The summed E-state index contributed by atoms with van der Waals surface area (Å²) >= 11 is 6.12. The van der Waals surface area contributed by atoms with Crippen molar-refractivity contribution in [2.75, 3.05) is 13.7 Å². The molecule has 0 radical (unpaired) electrons. The van der Waals surface area contributed by atoms with Gasteiger partial charge < -0.3 is 15.8 Å². The van der Waals surface area contributed by atoms with Crippen molar-refractivity contribution in [1.29, 1.82) is 0 Å². The molecule has 18 heavy (non-hydrogen) atoms. The molecule has 0 fully saturated rings. The Hall–Kier alpha value is -1.26. The molecule has 1 aromatic carbocycles. The molecule has 0 spiro atoms. The number of carbonyl (C=O) groups excluding carboxylic acids is 1. The van der Waals surface area contributed by atoms with Crippen molar-refractivity contribution >= 4 is 17.5 Å². The molecule has 0 aliphatic rings. The van der Waals surface area contributed by atoms with Gasteiger partial charge in [-0.2, -0.15) is 0 Å². The first kappa shape index (κ1) is 14.8. The van der Waals surface area contributed by atoms with Gasteiger partial charge in [0.25, 0.3) is 0 Å². The van der Waals surface area contributed by atoms with Crippen LogP contribution >= 0.6 is 11.6 Å². The second-order valence-electron chi connectivity index (χ2n) is 4.31. The Labute approximate surface area is 112 Å². The van der Waals surface area contributed by atoms with Crippen molar-refractivity contribution in [1.82, 2.24) is 5.32 Å². The molecule has 2 unspecified atom stereocenters. The second-order valence-corrected chi connectivity index (χ2v) is 4.72. The van der Waals surface area contributed by atoms with Crippen LogP contribution in [0.4, 0.5) is 0 Å². The predicted octanol–water partition coefficient (Wildman–Crippen LogP) is 2.12. The average molecular weight is 271 g/mol. The van der Waals surface area contributed by atoms with Crippen molar-refractivity contribution in [2.24, 2.45) is 11.7 Å². The highest BCUT2D eigenvalue weighted by Gasteiger charge is 2.12. The minimum absolute atomic E-state index is 0.223. The monoisotopic (exact) mass is 270 g/mol. The van der Waals surface area contributed by atoms with Crippen molar-refractivity contribution in [3.05, 3.63) is 28.8 Å². The number of nitrogens with one attached hydrogen (secondary N) is 1. The Morgan fingerprint density at radius 1 is 1.50 bits per heavy atom. The number of nitrogens with two attached hydrogens (primary N) is 1. The Bertz CT molecular complexity index is 423. The first-order valence-corrected chi connectivity index (χ1v) is 6.22. The maximum atomic E-state index is 10.9. The van der Waals surface area contributed by atoms with Crippen LogP contribution < -0.4 is 15.8 Å². The van der Waals surface area contributed by atoms with Gasteiger partial charge >= 0.3 is 0 Å². The second kappa shape index (κ2) is 6.61. The van der Waals surface area contributed by atoms with Gasteiger partial charge in [0.15, 0.2) is 0 Å². The van der Waals surface area contributed by atoms with Gasteiger partial charge in [-0.1, -0.05) is 24.6 Å². The van der Waals surface area contributed by atoms with Crippen LogP contribution in [0.2, 0.25) is 5.02 Å². The molecule has 4 nitrogen and oxygen atoms in total. The molecule has 5 heteroatoms. The largest absolute Gasteiger partial charge is 0.491 e. The molecular weight excluding hydrogens is 252 g/mol. The standard InChI is InChI=1S/C13H19ClN2O2/c1-8(13(15)17)7-18-12-5-4-10(6-11(12)14)9(2)16-3/h4-6,8-9,16H,7H2,1-3H3,(H2,15,17). The zero-order chi connectivity index (χ0) is 13.7. The molecule has 0 saturated heterocycles. The molecule has 0 saturated carbocycles. The van der Waals surface area contributed by atoms with E-state index in [1.165, 1.54) is 0 Å². The summed E-state index contributed by atoms with van der Waals surface area (Å²) in [5.41, 5.74) is 6.24. The lowest BCUT2D eigenvalue weighted by molar-refractivity contribution is -0.122. The molecule has 0 aliphatic heterocycles. The van der Waals surface area contributed by atoms with E-state index in [-0.39, 0.29) is 24.5 Å². The fraction of sp³-hybridized carbons (Fsp3) is 0.462. The van der Waals surface area contributed by atoms with E-state index >= 15 is 0 Å². The average Bonchev–Trinajstić information content (AvgIpc) is 2.35. The zero-order valence-corrected chi connectivity index (χ0v) is 11.6. The molecule has 3 N–H and O–H groups in total. The van der Waals surface area contributed by atoms with Crippen LogP contribution in [-0.2, 0) is 4.79 Å². The predicted molar refractivity (Wildman–Crippen MR) is 72.8 cm³/mol. The fourth-order valence-electron chi connectivity index (χ4n) is 1.37. The normalized spacial score (nSPS) is 14.0. The summed E-state index contributed by atoms with van der Waals surface area (Å²) < 4.78 is 5.48. The van der Waals surface area contributed by atoms with E-state index < -0.39 is 0 Å². The number of primary amides is 1. The molecule has 1 rings (SSSR count). The number of hydrogen-bond donors (Lipinski definition) is 2. The fourth-order valence-corrected chi connectivity index (χ4v) is 1.61. The molecule has 0 heterocycles. The Kier molecular flexibility index (Phi) is 5.44. The minimum Gasteiger partial charge on any atom is -0.491 e. The summed E-state index contributed by atoms with van der Waals surface area (Å²) in [5, 5.41) is 3.67. The van der Waals surface area contributed by atoms with E-state index in [1.807, 2.05) is 26.1 Å². The molecule has 0 bridgehead atoms. The summed E-state index contributed by atoms with van der Waals surface area (Å²) in [5.74, 6) is -0.152. The number of carbonyl (C=O) groups is 1. The van der Waals surface area contributed by atoms with Crippen molar-refractivity contribution < 1.29 is 9.53 Å². The van der Waals surface area contributed by atoms with E-state index in [0.717, 1.165) is 5.56 Å². The van der Waals surface area contributed by atoms with Gasteiger partial charge in [0.1, 0.15) is 5.75 Å². The maximum absolute atomic E-state index is 10.9. The summed E-state index contributed by atoms with van der Waals surface area (Å²) in [6.45, 7) is 3.99. The zero-order valence-electron chi connectivity index (χ0n) is 10.9. The van der Waals surface area contributed by atoms with Crippen LogP contribution in [0.5, 0.6) is 5.75 Å². The van der Waals surface area contributed by atoms with Gasteiger partial charge in [-0.25, -0.2) is 0 Å². The molecule has 2 atom stereocenters. The number of hydrogen-bond acceptors (Lipinski definition) is 3. The highest BCUT2D eigenvalue weighted by atomic mass is 35.5. The van der Waals surface area contributed by atoms with Crippen LogP contribution in [0.1, 0.15) is 25.5 Å². The number of amides is 1. The third-order valence-electron chi connectivity index (χ3n) is 2.86. The smallest absolute Gasteiger partial charge is 0.223 e. The van der Waals surface area contributed by atoms with E-state index in [2.05, 4.69) is 5.32 Å². The van der Waals surface area contributed by atoms with Gasteiger partial charge in [0, 0.05) is 6.04 Å². The Morgan fingerprint density at radius 3 is 2.67 bits per heavy atom. The SMILES string of the molecule is CNC(C)c1ccc(OCC(C)C(N)=O)c(Cl)c1. The first-order chi connectivity index (χ1) is 8.45. The summed E-state index contributed by atoms with van der Waals surface area (Å²) in [6, 6.07) is 5.82.